The van der Waals surface area contributed by atoms with E-state index in [1.54, 1.807) is 94.1 Å². The quantitative estimate of drug-likeness (QED) is 0.0791. The van der Waals surface area contributed by atoms with Gasteiger partial charge in [0.25, 0.3) is 0 Å². The highest BCUT2D eigenvalue weighted by Gasteiger charge is 2.57. The zero-order chi connectivity index (χ0) is 61.4. The van der Waals surface area contributed by atoms with E-state index >= 15 is 0 Å². The van der Waals surface area contributed by atoms with Crippen molar-refractivity contribution in [2.75, 3.05) is 60.0 Å². The molecular weight excluding hydrogens is 1060 g/mol. The Labute approximate surface area is 478 Å². The molecule has 26 heteroatoms. The Bertz CT molecular complexity index is 2170. The smallest absolute Gasteiger partial charge is 0.410 e. The average Bonchev–Trinajstić information content (AvgIpc) is 3.27. The molecule has 0 aromatic rings. The van der Waals surface area contributed by atoms with E-state index in [2.05, 4.69) is 31.5 Å². The van der Waals surface area contributed by atoms with E-state index in [9.17, 15) is 49.2 Å². The number of carbonyl (C=O) groups is 6. The summed E-state index contributed by atoms with van der Waals surface area (Å²) in [5, 5.41) is 62.5. The van der Waals surface area contributed by atoms with Gasteiger partial charge in [0, 0.05) is 51.2 Å². The van der Waals surface area contributed by atoms with Crippen molar-refractivity contribution in [3.8, 4) is 0 Å². The molecule has 4 aliphatic rings. The average molecular weight is 1160 g/mol. The maximum Gasteiger partial charge on any atom is 0.410 e. The fraction of sp³-hybridized carbons (Fsp3) is 0.855. The normalized spacial score (nSPS) is 29.1. The van der Waals surface area contributed by atoms with Crippen molar-refractivity contribution in [2.45, 2.75) is 237 Å². The van der Waals surface area contributed by atoms with Crippen LogP contribution in [0.3, 0.4) is 0 Å². The molecule has 4 rings (SSSR count). The highest BCUT2D eigenvalue weighted by Crippen LogP contribution is 2.39. The molecule has 26 nitrogen and oxygen atoms in total. The van der Waals surface area contributed by atoms with Crippen molar-refractivity contribution in [2.24, 2.45) is 5.92 Å². The zero-order valence-electron chi connectivity index (χ0n) is 51.1. The molecule has 3 fully saturated rings. The van der Waals surface area contributed by atoms with Gasteiger partial charge in [0.15, 0.2) is 6.29 Å². The standard InChI is InChI=1S/C55H98N8O18/c1-50(2,3)77-45(68)57-24-22-36(64)43(67)58-35-27-34(60-47(70)79-52(7,8)9)37(38(65)41(35)76-44-39(66)42(55(16,73)30-74-44)62(18)48(71)80-53(10,11)12)40-33(59-46(69)78-51(4,5)6)20-19-32(75-40)28-56-23-21-31-29-63(26-25-61(31)17)49(72)81-54(13,14)15/h19,31,33-42,44,56,64-66,73H,20-30H2,1-18H3,(H,57,68)(H,58,67)(H,59,69)(H,60,70)/t31?,33-,34+,35-,36+,37?,38+,39-,40+,41+,42-,44-,55+/m1/s1. The molecule has 1 saturated carbocycles. The number of hydrogen-bond acceptors (Lipinski definition) is 20. The highest BCUT2D eigenvalue weighted by molar-refractivity contribution is 5.81. The fourth-order valence-electron chi connectivity index (χ4n) is 9.96. The van der Waals surface area contributed by atoms with Crippen LogP contribution < -0.4 is 26.6 Å². The minimum atomic E-state index is -1.88. The number of alkyl carbamates (subject to hydrolysis) is 3. The van der Waals surface area contributed by atoms with Crippen LogP contribution in [-0.4, -0.2) is 232 Å². The van der Waals surface area contributed by atoms with Crippen molar-refractivity contribution in [3.63, 3.8) is 0 Å². The highest BCUT2D eigenvalue weighted by atomic mass is 16.7. The van der Waals surface area contributed by atoms with E-state index in [0.717, 1.165) is 4.90 Å². The van der Waals surface area contributed by atoms with Gasteiger partial charge in [0.2, 0.25) is 5.91 Å². The van der Waals surface area contributed by atoms with Gasteiger partial charge in [0.1, 0.15) is 63.8 Å². The van der Waals surface area contributed by atoms with Crippen molar-refractivity contribution < 1.29 is 87.1 Å². The van der Waals surface area contributed by atoms with Gasteiger partial charge in [-0.25, -0.2) is 24.0 Å². The Morgan fingerprint density at radius 1 is 0.753 bits per heavy atom. The largest absolute Gasteiger partial charge is 0.491 e. The summed E-state index contributed by atoms with van der Waals surface area (Å²) in [7, 11) is 3.32. The number of piperazine rings is 1. The van der Waals surface area contributed by atoms with E-state index in [1.165, 1.54) is 14.0 Å². The van der Waals surface area contributed by atoms with Crippen LogP contribution >= 0.6 is 0 Å². The van der Waals surface area contributed by atoms with Gasteiger partial charge in [-0.1, -0.05) is 0 Å². The Balaban J connectivity index is 1.75. The molecule has 0 spiro atoms. The first kappa shape index (κ1) is 68.5. The van der Waals surface area contributed by atoms with Crippen molar-refractivity contribution >= 4 is 36.4 Å². The maximum atomic E-state index is 14.1. The molecule has 3 heterocycles. The molecule has 466 valence electrons. The van der Waals surface area contributed by atoms with Crippen LogP contribution in [0.4, 0.5) is 24.0 Å². The Hall–Kier alpha value is -4.96. The van der Waals surface area contributed by atoms with E-state index in [4.69, 9.17) is 37.9 Å². The number of likely N-dealkylation sites (N-methyl/N-ethyl adjacent to an activating group) is 2. The zero-order valence-corrected chi connectivity index (χ0v) is 51.1. The number of carbonyl (C=O) groups excluding carboxylic acids is 6. The summed E-state index contributed by atoms with van der Waals surface area (Å²) < 4.78 is 47.2. The van der Waals surface area contributed by atoms with Crippen molar-refractivity contribution in [1.82, 2.24) is 41.3 Å². The van der Waals surface area contributed by atoms with Crippen LogP contribution in [-0.2, 0) is 42.7 Å². The van der Waals surface area contributed by atoms with Crippen LogP contribution in [0.1, 0.15) is 136 Å². The lowest BCUT2D eigenvalue weighted by atomic mass is 9.72. The third-order valence-corrected chi connectivity index (χ3v) is 13.4. The van der Waals surface area contributed by atoms with Crippen LogP contribution in [0.5, 0.6) is 0 Å². The lowest BCUT2D eigenvalue weighted by Crippen LogP contribution is -2.71. The summed E-state index contributed by atoms with van der Waals surface area (Å²) in [6.07, 6.45) is -11.7. The van der Waals surface area contributed by atoms with Gasteiger partial charge in [-0.2, -0.15) is 0 Å². The first-order chi connectivity index (χ1) is 37.0. The van der Waals surface area contributed by atoms with Crippen LogP contribution in [0.25, 0.3) is 0 Å². The second-order valence-corrected chi connectivity index (χ2v) is 26.8. The lowest BCUT2D eigenvalue weighted by molar-refractivity contribution is -0.305. The van der Waals surface area contributed by atoms with Gasteiger partial charge < -0.3 is 94.7 Å². The number of rotatable bonds is 16. The minimum Gasteiger partial charge on any atom is -0.491 e. The van der Waals surface area contributed by atoms with E-state index < -0.39 is 137 Å². The lowest BCUT2D eigenvalue weighted by Gasteiger charge is -2.52. The summed E-state index contributed by atoms with van der Waals surface area (Å²) in [6.45, 7) is 28.4. The number of amides is 6. The number of nitrogens with one attached hydrogen (secondary N) is 5. The van der Waals surface area contributed by atoms with Crippen molar-refractivity contribution in [1.29, 1.82) is 0 Å². The second-order valence-electron chi connectivity index (χ2n) is 26.8. The van der Waals surface area contributed by atoms with Crippen LogP contribution in [0, 0.1) is 5.92 Å². The molecule has 0 radical (unpaired) electrons. The topological polar surface area (TPSA) is 327 Å². The first-order valence-corrected chi connectivity index (χ1v) is 28.0. The molecule has 3 aliphatic heterocycles. The molecule has 0 aromatic heterocycles. The number of hydrogen-bond donors (Lipinski definition) is 9. The van der Waals surface area contributed by atoms with Gasteiger partial charge in [-0.05, 0) is 156 Å². The molecule has 6 amide bonds. The summed E-state index contributed by atoms with van der Waals surface area (Å²) >= 11 is 0. The molecular formula is C55H98N8O18. The fourth-order valence-corrected chi connectivity index (χ4v) is 9.96. The summed E-state index contributed by atoms with van der Waals surface area (Å²) in [6, 6.07) is -4.89. The van der Waals surface area contributed by atoms with E-state index in [0.29, 0.717) is 38.4 Å². The predicted octanol–water partition coefficient (Wildman–Crippen LogP) is 3.21. The summed E-state index contributed by atoms with van der Waals surface area (Å²) in [4.78, 5) is 85.4. The Morgan fingerprint density at radius 3 is 1.88 bits per heavy atom. The Kier molecular flexibility index (Phi) is 23.4. The van der Waals surface area contributed by atoms with E-state index in [-0.39, 0.29) is 44.5 Å². The maximum absolute atomic E-state index is 14.1. The van der Waals surface area contributed by atoms with E-state index in [1.807, 2.05) is 27.8 Å². The van der Waals surface area contributed by atoms with Crippen molar-refractivity contribution in [3.05, 3.63) is 11.8 Å². The third-order valence-electron chi connectivity index (χ3n) is 13.4. The number of nitrogens with zero attached hydrogens (tertiary/aromatic N) is 3. The van der Waals surface area contributed by atoms with Gasteiger partial charge in [0.05, 0.1) is 37.4 Å². The van der Waals surface area contributed by atoms with Gasteiger partial charge in [-0.15, -0.1) is 0 Å². The molecule has 0 bridgehead atoms. The number of aliphatic hydroxyl groups is 4. The van der Waals surface area contributed by atoms with Crippen LogP contribution in [0.2, 0.25) is 0 Å². The molecule has 0 aromatic carbocycles. The minimum absolute atomic E-state index is 0.00147. The number of ether oxygens (including phenoxy) is 8. The molecule has 13 atom stereocenters. The third kappa shape index (κ3) is 22.0. The second kappa shape index (κ2) is 27.6. The summed E-state index contributed by atoms with van der Waals surface area (Å²) in [5.41, 5.74) is -6.25. The first-order valence-electron chi connectivity index (χ1n) is 28.0. The summed E-state index contributed by atoms with van der Waals surface area (Å²) in [5.74, 6) is -1.82. The Morgan fingerprint density at radius 2 is 1.31 bits per heavy atom. The molecule has 81 heavy (non-hydrogen) atoms. The van der Waals surface area contributed by atoms with Gasteiger partial charge in [-0.3, -0.25) is 9.69 Å². The van der Waals surface area contributed by atoms with Gasteiger partial charge >= 0.3 is 30.5 Å². The molecule has 9 N–H and O–H groups in total. The monoisotopic (exact) mass is 1160 g/mol. The molecule has 1 aliphatic carbocycles. The van der Waals surface area contributed by atoms with Crippen LogP contribution in [0.15, 0.2) is 11.8 Å². The molecule has 2 saturated heterocycles. The number of aliphatic hydroxyl groups excluding tert-OH is 3. The SMILES string of the molecule is CN1CCN(C(=O)OC(C)(C)C)CC1CCNCC1=CC[C@@H](NC(=O)OC(C)(C)C)[C@@H](C2[C@@H](NC(=O)OC(C)(C)C)C[C@@H](NC(=O)[C@@H](O)CCNC(=O)OC(C)(C)C)[C@H](O[C@H]3OC[C@](C)(O)[C@H](N(C)C(=O)OC(C)(C)C)[C@H]3O)[C@H]2O)O1. The molecule has 2 unspecified atom stereocenters. The predicted molar refractivity (Wildman–Crippen MR) is 296 cm³/mol.